The number of carbonyl (C=O) groups is 1. The van der Waals surface area contributed by atoms with E-state index < -0.39 is 0 Å². The quantitative estimate of drug-likeness (QED) is 0.865. The minimum atomic E-state index is -0.0389. The average Bonchev–Trinajstić information content (AvgIpc) is 2.59. The maximum absolute atomic E-state index is 12.3. The summed E-state index contributed by atoms with van der Waals surface area (Å²) in [4.78, 5) is 14.1. The number of nitrogens with zero attached hydrogens (tertiary/aromatic N) is 1. The summed E-state index contributed by atoms with van der Waals surface area (Å²) in [7, 11) is 0. The molecule has 17 heavy (non-hydrogen) atoms. The molecule has 0 radical (unpaired) electrons. The predicted octanol–water partition coefficient (Wildman–Crippen LogP) is 2.66. The van der Waals surface area contributed by atoms with Crippen LogP contribution in [0.15, 0.2) is 22.7 Å². The first-order valence-electron chi connectivity index (χ1n) is 5.52. The number of halogens is 2. The average molecular weight is 318 g/mol. The molecule has 2 atom stereocenters. The van der Waals surface area contributed by atoms with Crippen molar-refractivity contribution in [1.82, 2.24) is 4.90 Å². The first kappa shape index (κ1) is 12.9. The third-order valence-electron chi connectivity index (χ3n) is 3.24. The van der Waals surface area contributed by atoms with E-state index in [9.17, 15) is 4.79 Å². The van der Waals surface area contributed by atoms with Gasteiger partial charge in [0.2, 0.25) is 0 Å². The topological polar surface area (TPSA) is 46.3 Å². The van der Waals surface area contributed by atoms with Gasteiger partial charge in [-0.25, -0.2) is 0 Å². The van der Waals surface area contributed by atoms with Gasteiger partial charge in [-0.3, -0.25) is 4.79 Å². The summed E-state index contributed by atoms with van der Waals surface area (Å²) < 4.78 is 0.866. The van der Waals surface area contributed by atoms with Gasteiger partial charge in [0.05, 0.1) is 10.6 Å². The molecule has 92 valence electrons. The molecule has 2 N–H and O–H groups in total. The van der Waals surface area contributed by atoms with E-state index in [1.54, 1.807) is 17.0 Å². The fraction of sp³-hybridized carbons (Fsp3) is 0.417. The van der Waals surface area contributed by atoms with Gasteiger partial charge >= 0.3 is 0 Å². The number of carbonyl (C=O) groups excluding carboxylic acids is 1. The van der Waals surface area contributed by atoms with Crippen LogP contribution in [-0.4, -0.2) is 29.4 Å². The van der Waals surface area contributed by atoms with E-state index in [1.807, 2.05) is 13.0 Å². The molecule has 2 unspecified atom stereocenters. The van der Waals surface area contributed by atoms with Crippen LogP contribution in [0.1, 0.15) is 23.7 Å². The smallest absolute Gasteiger partial charge is 0.255 e. The molecule has 3 nitrogen and oxygen atoms in total. The summed E-state index contributed by atoms with van der Waals surface area (Å²) in [6.45, 7) is 2.68. The summed E-state index contributed by atoms with van der Waals surface area (Å²) in [5, 5.41) is 0.469. The monoisotopic (exact) mass is 316 g/mol. The van der Waals surface area contributed by atoms with Crippen LogP contribution in [0, 0.1) is 0 Å². The summed E-state index contributed by atoms with van der Waals surface area (Å²) in [6.07, 6.45) is 0.848. The number of amides is 1. The number of hydrogen-bond donors (Lipinski definition) is 1. The van der Waals surface area contributed by atoms with Gasteiger partial charge in [0, 0.05) is 23.1 Å². The Morgan fingerprint density at radius 3 is 2.82 bits per heavy atom. The number of rotatable bonds is 1. The molecular weight excluding hydrogens is 304 g/mol. The highest BCUT2D eigenvalue weighted by Gasteiger charge is 2.32. The van der Waals surface area contributed by atoms with Crippen LogP contribution in [0.2, 0.25) is 5.02 Å². The van der Waals surface area contributed by atoms with Crippen molar-refractivity contribution in [2.75, 3.05) is 6.54 Å². The number of benzene rings is 1. The van der Waals surface area contributed by atoms with Crippen molar-refractivity contribution >= 4 is 33.4 Å². The van der Waals surface area contributed by atoms with Crippen molar-refractivity contribution in [2.45, 2.75) is 25.4 Å². The van der Waals surface area contributed by atoms with Crippen molar-refractivity contribution in [2.24, 2.45) is 5.73 Å². The molecule has 1 heterocycles. The lowest BCUT2D eigenvalue weighted by Gasteiger charge is -2.23. The molecule has 1 saturated heterocycles. The van der Waals surface area contributed by atoms with Crippen LogP contribution in [0.3, 0.4) is 0 Å². The predicted molar refractivity (Wildman–Crippen MR) is 72.2 cm³/mol. The Hall–Kier alpha value is -0.580. The normalized spacial score (nSPS) is 24.1. The largest absolute Gasteiger partial charge is 0.334 e. The van der Waals surface area contributed by atoms with Gasteiger partial charge in [-0.1, -0.05) is 27.5 Å². The van der Waals surface area contributed by atoms with Gasteiger partial charge in [-0.05, 0) is 31.5 Å². The molecule has 0 bridgehead atoms. The fourth-order valence-corrected chi connectivity index (χ4v) is 2.82. The SMILES string of the molecule is CC1C(N)CCN1C(=O)c1ccc(Br)cc1Cl. The third kappa shape index (κ3) is 2.49. The Morgan fingerprint density at radius 1 is 1.59 bits per heavy atom. The van der Waals surface area contributed by atoms with Crippen LogP contribution in [0.5, 0.6) is 0 Å². The Balaban J connectivity index is 2.26. The van der Waals surface area contributed by atoms with Crippen molar-refractivity contribution in [3.8, 4) is 0 Å². The Bertz CT molecular complexity index is 452. The lowest BCUT2D eigenvalue weighted by atomic mass is 10.1. The van der Waals surface area contributed by atoms with E-state index in [-0.39, 0.29) is 18.0 Å². The van der Waals surface area contributed by atoms with Crippen LogP contribution < -0.4 is 5.73 Å². The highest BCUT2D eigenvalue weighted by molar-refractivity contribution is 9.10. The van der Waals surface area contributed by atoms with Gasteiger partial charge in [-0.2, -0.15) is 0 Å². The Kier molecular flexibility index (Phi) is 3.76. The van der Waals surface area contributed by atoms with Crippen LogP contribution in [-0.2, 0) is 0 Å². The first-order valence-corrected chi connectivity index (χ1v) is 6.69. The molecule has 5 heteroatoms. The molecule has 2 rings (SSSR count). The highest BCUT2D eigenvalue weighted by Crippen LogP contribution is 2.25. The van der Waals surface area contributed by atoms with E-state index in [2.05, 4.69) is 15.9 Å². The van der Waals surface area contributed by atoms with E-state index in [4.69, 9.17) is 17.3 Å². The molecule has 1 aromatic carbocycles. The standard InChI is InChI=1S/C12H14BrClN2O/c1-7-11(15)4-5-16(7)12(17)9-3-2-8(13)6-10(9)14/h2-3,6-7,11H,4-5,15H2,1H3. The minimum Gasteiger partial charge on any atom is -0.334 e. The molecule has 1 aliphatic heterocycles. The summed E-state index contributed by atoms with van der Waals surface area (Å²) in [5.74, 6) is -0.0389. The fourth-order valence-electron chi connectivity index (χ4n) is 2.07. The van der Waals surface area contributed by atoms with E-state index in [0.29, 0.717) is 17.1 Å². The van der Waals surface area contributed by atoms with Gasteiger partial charge in [-0.15, -0.1) is 0 Å². The molecule has 1 aromatic rings. The van der Waals surface area contributed by atoms with Crippen molar-refractivity contribution in [3.63, 3.8) is 0 Å². The molecule has 0 aliphatic carbocycles. The van der Waals surface area contributed by atoms with Gasteiger partial charge in [0.25, 0.3) is 5.91 Å². The zero-order valence-electron chi connectivity index (χ0n) is 9.49. The summed E-state index contributed by atoms with van der Waals surface area (Å²) in [6, 6.07) is 5.43. The Labute approximate surface area is 114 Å². The molecule has 1 fully saturated rings. The minimum absolute atomic E-state index is 0.0389. The zero-order chi connectivity index (χ0) is 12.6. The maximum atomic E-state index is 12.3. The molecular formula is C12H14BrClN2O. The van der Waals surface area contributed by atoms with Gasteiger partial charge in [0.15, 0.2) is 0 Å². The first-order chi connectivity index (χ1) is 8.00. The molecule has 0 spiro atoms. The van der Waals surface area contributed by atoms with E-state index >= 15 is 0 Å². The number of likely N-dealkylation sites (tertiary alicyclic amines) is 1. The van der Waals surface area contributed by atoms with Crippen LogP contribution >= 0.6 is 27.5 Å². The molecule has 1 amide bonds. The Morgan fingerprint density at radius 2 is 2.29 bits per heavy atom. The molecule has 1 aliphatic rings. The van der Waals surface area contributed by atoms with Crippen molar-refractivity contribution in [1.29, 1.82) is 0 Å². The summed E-state index contributed by atoms with van der Waals surface area (Å²) >= 11 is 9.40. The second-order valence-electron chi connectivity index (χ2n) is 4.32. The highest BCUT2D eigenvalue weighted by atomic mass is 79.9. The number of nitrogens with two attached hydrogens (primary N) is 1. The third-order valence-corrected chi connectivity index (χ3v) is 4.04. The van der Waals surface area contributed by atoms with Crippen molar-refractivity contribution in [3.05, 3.63) is 33.3 Å². The zero-order valence-corrected chi connectivity index (χ0v) is 11.8. The van der Waals surface area contributed by atoms with Gasteiger partial charge < -0.3 is 10.6 Å². The summed E-state index contributed by atoms with van der Waals surface area (Å²) in [5.41, 5.74) is 6.45. The van der Waals surface area contributed by atoms with E-state index in [0.717, 1.165) is 10.9 Å². The van der Waals surface area contributed by atoms with E-state index in [1.165, 1.54) is 0 Å². The van der Waals surface area contributed by atoms with Crippen LogP contribution in [0.25, 0.3) is 0 Å². The lowest BCUT2D eigenvalue weighted by molar-refractivity contribution is 0.0742. The van der Waals surface area contributed by atoms with Gasteiger partial charge in [0.1, 0.15) is 0 Å². The molecule has 0 saturated carbocycles. The number of hydrogen-bond acceptors (Lipinski definition) is 2. The van der Waals surface area contributed by atoms with Crippen molar-refractivity contribution < 1.29 is 4.79 Å². The maximum Gasteiger partial charge on any atom is 0.255 e. The molecule has 0 aromatic heterocycles. The van der Waals surface area contributed by atoms with Crippen LogP contribution in [0.4, 0.5) is 0 Å². The second kappa shape index (κ2) is 4.96. The second-order valence-corrected chi connectivity index (χ2v) is 5.64. The lowest BCUT2D eigenvalue weighted by Crippen LogP contribution is -2.40.